The van der Waals surface area contributed by atoms with Crippen LogP contribution in [-0.4, -0.2) is 58.1 Å². The van der Waals surface area contributed by atoms with Crippen LogP contribution >= 0.6 is 11.3 Å². The third-order valence-electron chi connectivity index (χ3n) is 5.35. The Morgan fingerprint density at radius 1 is 1.29 bits per heavy atom. The summed E-state index contributed by atoms with van der Waals surface area (Å²) >= 11 is 1.71. The number of rotatable bonds is 2. The third-order valence-corrected chi connectivity index (χ3v) is 6.27. The van der Waals surface area contributed by atoms with E-state index >= 15 is 0 Å². The van der Waals surface area contributed by atoms with E-state index in [-0.39, 0.29) is 5.91 Å². The average molecular weight is 338 g/mol. The predicted molar refractivity (Wildman–Crippen MR) is 95.3 cm³/mol. The van der Waals surface area contributed by atoms with Crippen LogP contribution in [0.2, 0.25) is 0 Å². The molecule has 2 aliphatic rings. The molecule has 0 aliphatic carbocycles. The molecule has 2 aromatic heterocycles. The van der Waals surface area contributed by atoms with Gasteiger partial charge in [0.25, 0.3) is 5.91 Å². The molecule has 2 bridgehead atoms. The lowest BCUT2D eigenvalue weighted by atomic mass is 10.1. The summed E-state index contributed by atoms with van der Waals surface area (Å²) in [6.07, 6.45) is 1.09. The first kappa shape index (κ1) is 14.2. The second-order valence-electron chi connectivity index (χ2n) is 6.75. The number of thiophene rings is 1. The highest BCUT2D eigenvalue weighted by Gasteiger charge is 2.44. The summed E-state index contributed by atoms with van der Waals surface area (Å²) < 4.78 is 0. The Labute approximate surface area is 143 Å². The van der Waals surface area contributed by atoms with Crippen molar-refractivity contribution in [3.05, 3.63) is 41.4 Å². The van der Waals surface area contributed by atoms with E-state index in [4.69, 9.17) is 0 Å². The Morgan fingerprint density at radius 2 is 2.21 bits per heavy atom. The molecule has 3 aromatic rings. The predicted octanol–water partition coefficient (Wildman–Crippen LogP) is 2.82. The minimum absolute atomic E-state index is 0.0609. The average Bonchev–Trinajstić information content (AvgIpc) is 3.35. The maximum absolute atomic E-state index is 13.0. The van der Waals surface area contributed by atoms with Gasteiger partial charge in [-0.3, -0.25) is 14.8 Å². The molecule has 1 aromatic carbocycles. The minimum atomic E-state index is 0.0609. The van der Waals surface area contributed by atoms with Crippen molar-refractivity contribution in [2.24, 2.45) is 0 Å². The minimum Gasteiger partial charge on any atom is -0.331 e. The first-order valence-corrected chi connectivity index (χ1v) is 9.12. The number of benzene rings is 1. The van der Waals surface area contributed by atoms with Crippen LogP contribution in [0, 0.1) is 0 Å². The van der Waals surface area contributed by atoms with Gasteiger partial charge in [-0.25, -0.2) is 0 Å². The number of piperazine rings is 1. The zero-order chi connectivity index (χ0) is 16.3. The Hall–Kier alpha value is -2.18. The number of likely N-dealkylation sites (tertiary alicyclic amines) is 2. The van der Waals surface area contributed by atoms with E-state index in [9.17, 15) is 4.79 Å². The fourth-order valence-electron chi connectivity index (χ4n) is 4.03. The first-order valence-electron chi connectivity index (χ1n) is 8.24. The largest absolute Gasteiger partial charge is 0.331 e. The number of carbonyl (C=O) groups is 1. The smallest absolute Gasteiger partial charge is 0.275 e. The van der Waals surface area contributed by atoms with Gasteiger partial charge in [-0.15, -0.1) is 11.3 Å². The van der Waals surface area contributed by atoms with E-state index in [2.05, 4.69) is 45.7 Å². The number of fused-ring (bicyclic) bond motifs is 3. The number of hydrogen-bond donors (Lipinski definition) is 1. The number of nitrogens with zero attached hydrogens (tertiary/aromatic N) is 3. The number of aromatic nitrogens is 2. The van der Waals surface area contributed by atoms with E-state index in [1.54, 1.807) is 11.3 Å². The number of likely N-dealkylation sites (N-methyl/N-ethyl adjacent to an activating group) is 1. The molecule has 2 fully saturated rings. The zero-order valence-electron chi connectivity index (χ0n) is 13.4. The summed E-state index contributed by atoms with van der Waals surface area (Å²) in [6.45, 7) is 1.79. The molecule has 0 radical (unpaired) electrons. The number of hydrogen-bond acceptors (Lipinski definition) is 4. The Balaban J connectivity index is 1.48. The van der Waals surface area contributed by atoms with Gasteiger partial charge in [0.2, 0.25) is 0 Å². The zero-order valence-corrected chi connectivity index (χ0v) is 14.2. The number of amides is 1. The van der Waals surface area contributed by atoms with Crippen molar-refractivity contribution in [2.75, 3.05) is 20.1 Å². The topological polar surface area (TPSA) is 52.2 Å². The molecule has 2 atom stereocenters. The van der Waals surface area contributed by atoms with Crippen molar-refractivity contribution in [1.29, 1.82) is 0 Å². The molecule has 122 valence electrons. The Bertz CT molecular complexity index is 914. The Kier molecular flexibility index (Phi) is 3.05. The van der Waals surface area contributed by atoms with Crippen molar-refractivity contribution < 1.29 is 4.79 Å². The molecule has 2 saturated heterocycles. The van der Waals surface area contributed by atoms with Gasteiger partial charge in [0.05, 0.1) is 5.52 Å². The molecular weight excluding hydrogens is 320 g/mol. The molecule has 0 spiro atoms. The lowest BCUT2D eigenvalue weighted by Gasteiger charge is -2.31. The van der Waals surface area contributed by atoms with Crippen LogP contribution in [0.25, 0.3) is 21.3 Å². The fraction of sp³-hybridized carbons (Fsp3) is 0.333. The van der Waals surface area contributed by atoms with Gasteiger partial charge in [-0.2, -0.15) is 5.10 Å². The summed E-state index contributed by atoms with van der Waals surface area (Å²) in [5.41, 5.74) is 2.63. The van der Waals surface area contributed by atoms with E-state index in [0.29, 0.717) is 17.8 Å². The number of carbonyl (C=O) groups excluding carboxylic acids is 1. The molecular formula is C18H18N4OS. The molecule has 5 rings (SSSR count). The number of nitrogens with one attached hydrogen (secondary N) is 1. The summed E-state index contributed by atoms with van der Waals surface area (Å²) in [4.78, 5) is 18.5. The number of H-pyrrole nitrogens is 1. The van der Waals surface area contributed by atoms with Gasteiger partial charge in [-0.1, -0.05) is 12.1 Å². The third kappa shape index (κ3) is 2.03. The maximum atomic E-state index is 13.0. The van der Waals surface area contributed by atoms with Crippen LogP contribution in [0.1, 0.15) is 16.9 Å². The SMILES string of the molecule is CN1C[C@@H]2C[C@H]1CN2C(=O)c1n[nH]c2cc(-c3cccs3)ccc12. The van der Waals surface area contributed by atoms with Crippen LogP contribution in [0.15, 0.2) is 35.7 Å². The van der Waals surface area contributed by atoms with Gasteiger partial charge < -0.3 is 4.90 Å². The van der Waals surface area contributed by atoms with Crippen LogP contribution in [-0.2, 0) is 0 Å². The lowest BCUT2D eigenvalue weighted by Crippen LogP contribution is -2.47. The second-order valence-corrected chi connectivity index (χ2v) is 7.70. The quantitative estimate of drug-likeness (QED) is 0.782. The van der Waals surface area contributed by atoms with Gasteiger partial charge in [0.1, 0.15) is 0 Å². The van der Waals surface area contributed by atoms with E-state index in [0.717, 1.165) is 36.0 Å². The molecule has 1 amide bonds. The highest BCUT2D eigenvalue weighted by Crippen LogP contribution is 2.32. The molecule has 6 heteroatoms. The molecule has 2 aliphatic heterocycles. The monoisotopic (exact) mass is 338 g/mol. The molecule has 0 saturated carbocycles. The molecule has 1 N–H and O–H groups in total. The summed E-state index contributed by atoms with van der Waals surface area (Å²) in [5, 5.41) is 10.4. The van der Waals surface area contributed by atoms with E-state index in [1.807, 2.05) is 17.0 Å². The normalized spacial score (nSPS) is 23.5. The Morgan fingerprint density at radius 3 is 2.92 bits per heavy atom. The molecule has 0 unspecified atom stereocenters. The highest BCUT2D eigenvalue weighted by molar-refractivity contribution is 7.13. The van der Waals surface area contributed by atoms with E-state index < -0.39 is 0 Å². The van der Waals surface area contributed by atoms with Gasteiger partial charge in [-0.05, 0) is 42.6 Å². The summed E-state index contributed by atoms with van der Waals surface area (Å²) in [7, 11) is 2.14. The highest BCUT2D eigenvalue weighted by atomic mass is 32.1. The number of aromatic amines is 1. The van der Waals surface area contributed by atoms with Crippen LogP contribution in [0.5, 0.6) is 0 Å². The van der Waals surface area contributed by atoms with E-state index in [1.165, 1.54) is 4.88 Å². The fourth-order valence-corrected chi connectivity index (χ4v) is 4.75. The van der Waals surface area contributed by atoms with Crippen LogP contribution in [0.4, 0.5) is 0 Å². The summed E-state index contributed by atoms with van der Waals surface area (Å²) in [5.74, 6) is 0.0609. The molecule has 4 heterocycles. The maximum Gasteiger partial charge on any atom is 0.275 e. The van der Waals surface area contributed by atoms with Gasteiger partial charge in [0.15, 0.2) is 5.69 Å². The standard InChI is InChI=1S/C18H18N4OS/c1-21-9-13-8-12(21)10-22(13)18(23)17-14-5-4-11(7-15(14)19-20-17)16-3-2-6-24-16/h2-7,12-13H,8-10H2,1H3,(H,19,20)/t12-,13-/m0/s1. The molecule has 5 nitrogen and oxygen atoms in total. The van der Waals surface area contributed by atoms with Crippen LogP contribution < -0.4 is 0 Å². The van der Waals surface area contributed by atoms with Crippen molar-refractivity contribution in [2.45, 2.75) is 18.5 Å². The lowest BCUT2D eigenvalue weighted by molar-refractivity contribution is 0.0646. The van der Waals surface area contributed by atoms with Crippen molar-refractivity contribution >= 4 is 28.1 Å². The summed E-state index contributed by atoms with van der Waals surface area (Å²) in [6, 6.07) is 11.2. The first-order chi connectivity index (χ1) is 11.7. The van der Waals surface area contributed by atoms with Gasteiger partial charge in [0, 0.05) is 35.4 Å². The van der Waals surface area contributed by atoms with Crippen molar-refractivity contribution in [3.63, 3.8) is 0 Å². The molecule has 24 heavy (non-hydrogen) atoms. The second kappa shape index (κ2) is 5.16. The van der Waals surface area contributed by atoms with Crippen molar-refractivity contribution in [3.8, 4) is 10.4 Å². The van der Waals surface area contributed by atoms with Crippen LogP contribution in [0.3, 0.4) is 0 Å². The van der Waals surface area contributed by atoms with Crippen molar-refractivity contribution in [1.82, 2.24) is 20.0 Å². The van der Waals surface area contributed by atoms with Gasteiger partial charge >= 0.3 is 0 Å².